The van der Waals surface area contributed by atoms with Gasteiger partial charge in [-0.3, -0.25) is 0 Å². The molecule has 0 aliphatic rings. The normalized spacial score (nSPS) is 12.2. The van der Waals surface area contributed by atoms with Crippen LogP contribution in [-0.4, -0.2) is 0 Å². The van der Waals surface area contributed by atoms with Gasteiger partial charge >= 0.3 is 0 Å². The highest BCUT2D eigenvalue weighted by Gasteiger charge is 2.09. The first-order valence-electron chi connectivity index (χ1n) is 6.40. The van der Waals surface area contributed by atoms with Crippen molar-refractivity contribution < 1.29 is 9.13 Å². The van der Waals surface area contributed by atoms with Gasteiger partial charge in [0.2, 0.25) is 0 Å². The largest absolute Gasteiger partial charge is 0.489 e. The first kappa shape index (κ1) is 15.0. The standard InChI is InChI=1S/C16H17BrFNO/c1-10-3-6-16(13(7-10)11(2)19)20-9-12-4-5-15(18)14(17)8-12/h3-8,11H,9,19H2,1-2H3/t11-/m1/s1. The van der Waals surface area contributed by atoms with Crippen molar-refractivity contribution in [2.24, 2.45) is 5.73 Å². The minimum absolute atomic E-state index is 0.0927. The van der Waals surface area contributed by atoms with Crippen LogP contribution in [0.4, 0.5) is 4.39 Å². The van der Waals surface area contributed by atoms with Crippen LogP contribution in [0.3, 0.4) is 0 Å². The summed E-state index contributed by atoms with van der Waals surface area (Å²) >= 11 is 3.17. The van der Waals surface area contributed by atoms with Gasteiger partial charge < -0.3 is 10.5 Å². The maximum absolute atomic E-state index is 13.2. The molecule has 20 heavy (non-hydrogen) atoms. The Balaban J connectivity index is 2.16. The molecule has 0 bridgehead atoms. The fourth-order valence-corrected chi connectivity index (χ4v) is 2.37. The zero-order chi connectivity index (χ0) is 14.7. The predicted molar refractivity (Wildman–Crippen MR) is 82.2 cm³/mol. The quantitative estimate of drug-likeness (QED) is 0.891. The molecule has 106 valence electrons. The number of halogens is 2. The maximum atomic E-state index is 13.2. The first-order valence-corrected chi connectivity index (χ1v) is 7.19. The summed E-state index contributed by atoms with van der Waals surface area (Å²) < 4.78 is 19.4. The Kier molecular flexibility index (Phi) is 4.78. The molecule has 0 aliphatic carbocycles. The topological polar surface area (TPSA) is 35.2 Å². The van der Waals surface area contributed by atoms with E-state index >= 15 is 0 Å². The summed E-state index contributed by atoms with van der Waals surface area (Å²) in [6.45, 7) is 4.32. The number of rotatable bonds is 4. The van der Waals surface area contributed by atoms with E-state index in [4.69, 9.17) is 10.5 Å². The van der Waals surface area contributed by atoms with Crippen LogP contribution in [0, 0.1) is 12.7 Å². The van der Waals surface area contributed by atoms with Crippen molar-refractivity contribution in [2.45, 2.75) is 26.5 Å². The van der Waals surface area contributed by atoms with Crippen LogP contribution >= 0.6 is 15.9 Å². The molecule has 2 aromatic carbocycles. The van der Waals surface area contributed by atoms with E-state index in [0.29, 0.717) is 11.1 Å². The van der Waals surface area contributed by atoms with E-state index in [0.717, 1.165) is 22.4 Å². The predicted octanol–water partition coefficient (Wildman–Crippen LogP) is 4.50. The Hall–Kier alpha value is -1.39. The summed E-state index contributed by atoms with van der Waals surface area (Å²) in [7, 11) is 0. The number of hydrogen-bond acceptors (Lipinski definition) is 2. The van der Waals surface area contributed by atoms with Gasteiger partial charge in [-0.1, -0.05) is 23.8 Å². The third kappa shape index (κ3) is 3.58. The summed E-state index contributed by atoms with van der Waals surface area (Å²) in [6, 6.07) is 10.7. The molecule has 0 aliphatic heterocycles. The minimum atomic E-state index is -0.277. The van der Waals surface area contributed by atoms with E-state index in [1.807, 2.05) is 32.0 Å². The molecule has 0 heterocycles. The van der Waals surface area contributed by atoms with Crippen LogP contribution in [-0.2, 0) is 6.61 Å². The molecular formula is C16H17BrFNO. The second-order valence-corrected chi connectivity index (χ2v) is 5.72. The van der Waals surface area contributed by atoms with Gasteiger partial charge in [-0.15, -0.1) is 0 Å². The molecule has 0 amide bonds. The van der Waals surface area contributed by atoms with E-state index in [-0.39, 0.29) is 11.9 Å². The highest BCUT2D eigenvalue weighted by Crippen LogP contribution is 2.26. The molecule has 2 aromatic rings. The molecule has 0 spiro atoms. The van der Waals surface area contributed by atoms with E-state index in [1.165, 1.54) is 6.07 Å². The third-order valence-electron chi connectivity index (χ3n) is 3.03. The Morgan fingerprint density at radius 1 is 1.25 bits per heavy atom. The van der Waals surface area contributed by atoms with E-state index < -0.39 is 0 Å². The van der Waals surface area contributed by atoms with Gasteiger partial charge in [0.15, 0.2) is 0 Å². The van der Waals surface area contributed by atoms with Gasteiger partial charge in [-0.2, -0.15) is 0 Å². The fourth-order valence-electron chi connectivity index (χ4n) is 1.95. The molecule has 0 saturated heterocycles. The Morgan fingerprint density at radius 2 is 2.00 bits per heavy atom. The summed E-state index contributed by atoms with van der Waals surface area (Å²) in [5, 5.41) is 0. The molecule has 0 fully saturated rings. The lowest BCUT2D eigenvalue weighted by Gasteiger charge is -2.15. The molecule has 2 rings (SSSR count). The molecule has 0 aromatic heterocycles. The van der Waals surface area contributed by atoms with Crippen LogP contribution in [0.1, 0.15) is 29.7 Å². The van der Waals surface area contributed by atoms with Crippen LogP contribution in [0.25, 0.3) is 0 Å². The molecule has 2 N–H and O–H groups in total. The van der Waals surface area contributed by atoms with Gasteiger partial charge in [-0.25, -0.2) is 4.39 Å². The van der Waals surface area contributed by atoms with Crippen molar-refractivity contribution in [3.63, 3.8) is 0 Å². The lowest BCUT2D eigenvalue weighted by Crippen LogP contribution is -2.08. The van der Waals surface area contributed by atoms with Crippen molar-refractivity contribution >= 4 is 15.9 Å². The molecule has 2 nitrogen and oxygen atoms in total. The Bertz CT molecular complexity index is 613. The SMILES string of the molecule is Cc1ccc(OCc2ccc(F)c(Br)c2)c([C@@H](C)N)c1. The van der Waals surface area contributed by atoms with E-state index in [2.05, 4.69) is 15.9 Å². The van der Waals surface area contributed by atoms with Crippen molar-refractivity contribution in [1.29, 1.82) is 0 Å². The van der Waals surface area contributed by atoms with Crippen molar-refractivity contribution in [2.75, 3.05) is 0 Å². The zero-order valence-electron chi connectivity index (χ0n) is 11.5. The molecular weight excluding hydrogens is 321 g/mol. The highest BCUT2D eigenvalue weighted by atomic mass is 79.9. The summed E-state index contributed by atoms with van der Waals surface area (Å²) in [5.41, 5.74) is 8.98. The summed E-state index contributed by atoms with van der Waals surface area (Å²) in [4.78, 5) is 0. The van der Waals surface area contributed by atoms with Gasteiger partial charge in [0.05, 0.1) is 4.47 Å². The second kappa shape index (κ2) is 6.37. The van der Waals surface area contributed by atoms with Gasteiger partial charge in [0.1, 0.15) is 18.2 Å². The van der Waals surface area contributed by atoms with Gasteiger partial charge in [-0.05, 0) is 53.5 Å². The zero-order valence-corrected chi connectivity index (χ0v) is 13.1. The first-order chi connectivity index (χ1) is 9.47. The monoisotopic (exact) mass is 337 g/mol. The molecule has 0 radical (unpaired) electrons. The van der Waals surface area contributed by atoms with Crippen LogP contribution < -0.4 is 10.5 Å². The van der Waals surface area contributed by atoms with Gasteiger partial charge in [0.25, 0.3) is 0 Å². The van der Waals surface area contributed by atoms with Crippen molar-refractivity contribution in [1.82, 2.24) is 0 Å². The van der Waals surface area contributed by atoms with Crippen LogP contribution in [0.5, 0.6) is 5.75 Å². The van der Waals surface area contributed by atoms with Crippen LogP contribution in [0.2, 0.25) is 0 Å². The van der Waals surface area contributed by atoms with E-state index in [9.17, 15) is 4.39 Å². The highest BCUT2D eigenvalue weighted by molar-refractivity contribution is 9.10. The molecule has 4 heteroatoms. The summed E-state index contributed by atoms with van der Waals surface area (Å²) in [5.74, 6) is 0.492. The maximum Gasteiger partial charge on any atom is 0.137 e. The lowest BCUT2D eigenvalue weighted by molar-refractivity contribution is 0.301. The number of benzene rings is 2. The smallest absolute Gasteiger partial charge is 0.137 e. The average molecular weight is 338 g/mol. The minimum Gasteiger partial charge on any atom is -0.489 e. The van der Waals surface area contributed by atoms with Crippen molar-refractivity contribution in [3.05, 3.63) is 63.4 Å². The number of ether oxygens (including phenoxy) is 1. The summed E-state index contributed by atoms with van der Waals surface area (Å²) in [6.07, 6.45) is 0. The average Bonchev–Trinajstić information content (AvgIpc) is 2.41. The molecule has 0 saturated carbocycles. The van der Waals surface area contributed by atoms with Gasteiger partial charge in [0, 0.05) is 11.6 Å². The van der Waals surface area contributed by atoms with Crippen LogP contribution in [0.15, 0.2) is 40.9 Å². The molecule has 0 unspecified atom stereocenters. The van der Waals surface area contributed by atoms with Crippen molar-refractivity contribution in [3.8, 4) is 5.75 Å². The van der Waals surface area contributed by atoms with E-state index in [1.54, 1.807) is 12.1 Å². The number of hydrogen-bond donors (Lipinski definition) is 1. The molecule has 1 atom stereocenters. The Morgan fingerprint density at radius 3 is 2.65 bits per heavy atom. The third-order valence-corrected chi connectivity index (χ3v) is 3.64. The number of aryl methyl sites for hydroxylation is 1. The number of nitrogens with two attached hydrogens (primary N) is 1. The second-order valence-electron chi connectivity index (χ2n) is 4.87. The fraction of sp³-hybridized carbons (Fsp3) is 0.250. The lowest BCUT2D eigenvalue weighted by atomic mass is 10.1. The Labute approximate surface area is 126 Å².